The standard InChI is InChI=1S/C33H37N7O4/c1-38(18-21-8-5-4-6-9-21)27-16-25(37-40-28(17-35-32(27)40)33(41)36-24-11-12-29(24)42-2)23-19-39(31-22(23)10-7-14-34-31)26-13-15-44-20-30(26)43-3/h4-10,14,16-17,19,24,26,29-30H,11-13,15,18,20H2,1-3H3,(H,36,41)/t24-,26?,29-,30+/m0/s1. The van der Waals surface area contributed by atoms with E-state index in [1.54, 1.807) is 24.9 Å². The van der Waals surface area contributed by atoms with E-state index in [1.165, 1.54) is 0 Å². The van der Waals surface area contributed by atoms with Crippen LogP contribution in [0.4, 0.5) is 5.69 Å². The summed E-state index contributed by atoms with van der Waals surface area (Å²) in [6, 6.07) is 16.4. The number of nitrogens with one attached hydrogen (secondary N) is 1. The summed E-state index contributed by atoms with van der Waals surface area (Å²) in [5.74, 6) is -0.222. The predicted octanol–water partition coefficient (Wildman–Crippen LogP) is 4.27. The van der Waals surface area contributed by atoms with Crippen LogP contribution in [0.1, 0.15) is 41.4 Å². The van der Waals surface area contributed by atoms with Crippen molar-refractivity contribution in [3.8, 4) is 11.3 Å². The van der Waals surface area contributed by atoms with Gasteiger partial charge < -0.3 is 29.0 Å². The Bertz CT molecular complexity index is 1780. The molecule has 1 N–H and O–H groups in total. The lowest BCUT2D eigenvalue weighted by Gasteiger charge is -2.35. The summed E-state index contributed by atoms with van der Waals surface area (Å²) in [6.45, 7) is 1.84. The van der Waals surface area contributed by atoms with Crippen LogP contribution in [-0.4, -0.2) is 82.8 Å². The molecule has 0 radical (unpaired) electrons. The Morgan fingerprint density at radius 2 is 1.89 bits per heavy atom. The first-order chi connectivity index (χ1) is 21.6. The monoisotopic (exact) mass is 595 g/mol. The van der Waals surface area contributed by atoms with Gasteiger partial charge in [-0.1, -0.05) is 30.3 Å². The number of nitrogens with zero attached hydrogens (tertiary/aromatic N) is 6. The van der Waals surface area contributed by atoms with Crippen molar-refractivity contribution in [2.24, 2.45) is 0 Å². The normalized spacial score (nSPS) is 21.8. The summed E-state index contributed by atoms with van der Waals surface area (Å²) >= 11 is 0. The van der Waals surface area contributed by atoms with Gasteiger partial charge in [0.2, 0.25) is 0 Å². The number of hydrogen-bond acceptors (Lipinski definition) is 8. The van der Waals surface area contributed by atoms with Crippen LogP contribution < -0.4 is 10.2 Å². The smallest absolute Gasteiger partial charge is 0.271 e. The van der Waals surface area contributed by atoms with Gasteiger partial charge in [-0.15, -0.1) is 0 Å². The second-order valence-electron chi connectivity index (χ2n) is 11.6. The molecule has 1 amide bonds. The molecule has 4 aromatic heterocycles. The number of carbonyl (C=O) groups excluding carboxylic acids is 1. The molecular formula is C33H37N7O4. The van der Waals surface area contributed by atoms with Gasteiger partial charge in [0.05, 0.1) is 42.4 Å². The molecule has 44 heavy (non-hydrogen) atoms. The van der Waals surface area contributed by atoms with E-state index in [1.807, 2.05) is 37.5 Å². The zero-order chi connectivity index (χ0) is 30.2. The minimum Gasteiger partial charge on any atom is -0.379 e. The van der Waals surface area contributed by atoms with Crippen molar-refractivity contribution < 1.29 is 19.0 Å². The second kappa shape index (κ2) is 12.0. The van der Waals surface area contributed by atoms with E-state index < -0.39 is 0 Å². The molecule has 1 aliphatic carbocycles. The van der Waals surface area contributed by atoms with Gasteiger partial charge in [0.25, 0.3) is 5.91 Å². The van der Waals surface area contributed by atoms with Crippen molar-refractivity contribution in [2.75, 3.05) is 39.4 Å². The Hall–Kier alpha value is -4.32. The molecule has 0 bridgehead atoms. The number of benzene rings is 1. The van der Waals surface area contributed by atoms with Gasteiger partial charge in [-0.25, -0.2) is 14.5 Å². The molecule has 11 heteroatoms. The molecule has 11 nitrogen and oxygen atoms in total. The fraction of sp³-hybridized carbons (Fsp3) is 0.394. The fourth-order valence-electron chi connectivity index (χ4n) is 6.40. The van der Waals surface area contributed by atoms with E-state index in [4.69, 9.17) is 29.3 Å². The maximum absolute atomic E-state index is 13.6. The van der Waals surface area contributed by atoms with Gasteiger partial charge in [-0.2, -0.15) is 5.10 Å². The molecule has 7 rings (SSSR count). The van der Waals surface area contributed by atoms with Crippen LogP contribution in [0, 0.1) is 0 Å². The molecule has 1 aliphatic heterocycles. The summed E-state index contributed by atoms with van der Waals surface area (Å²) in [5.41, 5.74) is 5.51. The van der Waals surface area contributed by atoms with Crippen molar-refractivity contribution in [3.63, 3.8) is 0 Å². The van der Waals surface area contributed by atoms with Crippen LogP contribution in [0.5, 0.6) is 0 Å². The third-order valence-electron chi connectivity index (χ3n) is 8.98. The van der Waals surface area contributed by atoms with E-state index in [2.05, 4.69) is 45.2 Å². The first-order valence-electron chi connectivity index (χ1n) is 15.1. The highest BCUT2D eigenvalue weighted by atomic mass is 16.5. The first kappa shape index (κ1) is 28.5. The lowest BCUT2D eigenvalue weighted by atomic mass is 9.89. The number of amides is 1. The average Bonchev–Trinajstić information content (AvgIpc) is 3.65. The maximum atomic E-state index is 13.6. The van der Waals surface area contributed by atoms with Crippen LogP contribution in [0.25, 0.3) is 27.9 Å². The van der Waals surface area contributed by atoms with Crippen molar-refractivity contribution in [3.05, 3.63) is 78.4 Å². The highest BCUT2D eigenvalue weighted by Gasteiger charge is 2.34. The lowest BCUT2D eigenvalue weighted by Crippen LogP contribution is -2.51. The molecule has 5 heterocycles. The number of aromatic nitrogens is 5. The summed E-state index contributed by atoms with van der Waals surface area (Å²) in [7, 11) is 5.44. The molecule has 2 fully saturated rings. The van der Waals surface area contributed by atoms with Crippen molar-refractivity contribution in [2.45, 2.75) is 50.1 Å². The van der Waals surface area contributed by atoms with Crippen LogP contribution in [0.2, 0.25) is 0 Å². The predicted molar refractivity (Wildman–Crippen MR) is 167 cm³/mol. The summed E-state index contributed by atoms with van der Waals surface area (Å²) in [4.78, 5) is 25.2. The molecule has 1 saturated heterocycles. The number of rotatable bonds is 9. The molecular weight excluding hydrogens is 558 g/mol. The zero-order valence-corrected chi connectivity index (χ0v) is 25.2. The Kier molecular flexibility index (Phi) is 7.75. The lowest BCUT2D eigenvalue weighted by molar-refractivity contribution is -0.0592. The van der Waals surface area contributed by atoms with E-state index >= 15 is 0 Å². The zero-order valence-electron chi connectivity index (χ0n) is 25.2. The molecule has 1 aromatic carbocycles. The molecule has 228 valence electrons. The molecule has 0 spiro atoms. The summed E-state index contributed by atoms with van der Waals surface area (Å²) in [5, 5.41) is 9.16. The second-order valence-corrected chi connectivity index (χ2v) is 11.6. The van der Waals surface area contributed by atoms with Gasteiger partial charge >= 0.3 is 0 Å². The number of ether oxygens (including phenoxy) is 3. The van der Waals surface area contributed by atoms with Gasteiger partial charge in [0.15, 0.2) is 11.3 Å². The molecule has 5 aromatic rings. The number of hydrogen-bond donors (Lipinski definition) is 1. The number of methoxy groups -OCH3 is 2. The third kappa shape index (κ3) is 5.10. The van der Waals surface area contributed by atoms with E-state index in [-0.39, 0.29) is 30.2 Å². The number of fused-ring (bicyclic) bond motifs is 2. The SMILES string of the molecule is CO[C@H]1CC[C@@H]1NC(=O)c1cnc2c(N(C)Cc3ccccc3)cc(-c3cn(C4CCOC[C@H]4OC)c4ncccc34)nn12. The van der Waals surface area contributed by atoms with Gasteiger partial charge in [0, 0.05) is 57.8 Å². The third-order valence-corrected chi connectivity index (χ3v) is 8.98. The minimum absolute atomic E-state index is 0.0222. The maximum Gasteiger partial charge on any atom is 0.271 e. The largest absolute Gasteiger partial charge is 0.379 e. The quantitative estimate of drug-likeness (QED) is 0.269. The topological polar surface area (TPSA) is 108 Å². The summed E-state index contributed by atoms with van der Waals surface area (Å²) in [6.07, 6.45) is 8.09. The average molecular weight is 596 g/mol. The van der Waals surface area contributed by atoms with E-state index in [0.29, 0.717) is 31.1 Å². The van der Waals surface area contributed by atoms with Crippen LogP contribution in [0.15, 0.2) is 67.1 Å². The number of carbonyl (C=O) groups is 1. The first-order valence-corrected chi connectivity index (χ1v) is 15.1. The Morgan fingerprint density at radius 1 is 1.05 bits per heavy atom. The highest BCUT2D eigenvalue weighted by Crippen LogP contribution is 2.36. The number of anilines is 1. The molecule has 1 saturated carbocycles. The fourth-order valence-corrected chi connectivity index (χ4v) is 6.40. The number of pyridine rings is 1. The van der Waals surface area contributed by atoms with E-state index in [9.17, 15) is 4.79 Å². The summed E-state index contributed by atoms with van der Waals surface area (Å²) < 4.78 is 20.9. The van der Waals surface area contributed by atoms with Crippen molar-refractivity contribution in [1.82, 2.24) is 29.5 Å². The van der Waals surface area contributed by atoms with Crippen molar-refractivity contribution >= 4 is 28.3 Å². The van der Waals surface area contributed by atoms with Crippen LogP contribution in [-0.2, 0) is 20.8 Å². The molecule has 2 aliphatic rings. The minimum atomic E-state index is -0.222. The molecule has 4 atom stereocenters. The van der Waals surface area contributed by atoms with Crippen LogP contribution >= 0.6 is 0 Å². The molecule has 1 unspecified atom stereocenters. The van der Waals surface area contributed by atoms with Gasteiger partial charge in [-0.05, 0) is 43.0 Å². The van der Waals surface area contributed by atoms with Gasteiger partial charge in [-0.3, -0.25) is 4.79 Å². The Balaban J connectivity index is 1.36. The highest BCUT2D eigenvalue weighted by molar-refractivity contribution is 5.96. The number of imidazole rings is 1. The Labute approximate surface area is 255 Å². The van der Waals surface area contributed by atoms with Crippen molar-refractivity contribution in [1.29, 1.82) is 0 Å². The van der Waals surface area contributed by atoms with Gasteiger partial charge in [0.1, 0.15) is 11.8 Å². The van der Waals surface area contributed by atoms with E-state index in [0.717, 1.165) is 52.8 Å². The Morgan fingerprint density at radius 3 is 2.66 bits per heavy atom. The van der Waals surface area contributed by atoms with Crippen LogP contribution in [0.3, 0.4) is 0 Å².